The topological polar surface area (TPSA) is 79.5 Å². The van der Waals surface area contributed by atoms with Gasteiger partial charge in [-0.3, -0.25) is 9.59 Å². The highest BCUT2D eigenvalue weighted by atomic mass is 16.4. The van der Waals surface area contributed by atoms with Gasteiger partial charge in [-0.15, -0.1) is 0 Å². The summed E-state index contributed by atoms with van der Waals surface area (Å²) in [6.45, 7) is 6.25. The Morgan fingerprint density at radius 1 is 1.47 bits per heavy atom. The van der Waals surface area contributed by atoms with Gasteiger partial charge in [0.25, 0.3) is 5.91 Å². The van der Waals surface area contributed by atoms with Gasteiger partial charge in [-0.05, 0) is 12.8 Å². The summed E-state index contributed by atoms with van der Waals surface area (Å²) in [5.41, 5.74) is 0.996. The quantitative estimate of drug-likeness (QED) is 0.818. The maximum atomic E-state index is 11.9. The number of aryl methyl sites for hydroxylation is 1. The molecule has 5 nitrogen and oxygen atoms in total. The van der Waals surface area contributed by atoms with Crippen molar-refractivity contribution < 1.29 is 19.1 Å². The highest BCUT2D eigenvalue weighted by Gasteiger charge is 2.20. The Balaban J connectivity index is 2.84. The molecule has 1 rings (SSSR count). The Morgan fingerprint density at radius 3 is 2.65 bits per heavy atom. The average molecular weight is 239 g/mol. The normalized spacial score (nSPS) is 10.6. The lowest BCUT2D eigenvalue weighted by Gasteiger charge is -2.07. The molecule has 1 amide bonds. The number of furan rings is 1. The van der Waals surface area contributed by atoms with Crippen LogP contribution in [0.2, 0.25) is 0 Å². The van der Waals surface area contributed by atoms with Crippen molar-refractivity contribution in [2.24, 2.45) is 5.92 Å². The van der Waals surface area contributed by atoms with Crippen LogP contribution in [0.15, 0.2) is 10.7 Å². The van der Waals surface area contributed by atoms with E-state index in [0.29, 0.717) is 23.6 Å². The Bertz CT molecular complexity index is 420. The van der Waals surface area contributed by atoms with Crippen molar-refractivity contribution in [3.63, 3.8) is 0 Å². The largest absolute Gasteiger partial charge is 0.481 e. The summed E-state index contributed by atoms with van der Waals surface area (Å²) < 4.78 is 5.09. The monoisotopic (exact) mass is 239 g/mol. The van der Waals surface area contributed by atoms with Crippen LogP contribution in [0.1, 0.15) is 35.5 Å². The van der Waals surface area contributed by atoms with Crippen LogP contribution >= 0.6 is 0 Å². The molecule has 0 saturated heterocycles. The Labute approximate surface area is 99.8 Å². The van der Waals surface area contributed by atoms with Crippen molar-refractivity contribution in [3.8, 4) is 0 Å². The van der Waals surface area contributed by atoms with E-state index in [1.54, 1.807) is 6.92 Å². The third-order valence-electron chi connectivity index (χ3n) is 2.26. The predicted octanol–water partition coefficient (Wildman–Crippen LogP) is 1.60. The van der Waals surface area contributed by atoms with Crippen molar-refractivity contribution in [2.45, 2.75) is 27.2 Å². The highest BCUT2D eigenvalue weighted by Crippen LogP contribution is 2.17. The number of carboxylic acid groups (broad SMARTS) is 1. The summed E-state index contributed by atoms with van der Waals surface area (Å²) >= 11 is 0. The molecule has 0 unspecified atom stereocenters. The molecule has 0 fully saturated rings. The molecule has 0 spiro atoms. The number of amides is 1. The van der Waals surface area contributed by atoms with E-state index in [1.807, 2.05) is 13.8 Å². The summed E-state index contributed by atoms with van der Waals surface area (Å²) in [6.07, 6.45) is 1.13. The fourth-order valence-electron chi connectivity index (χ4n) is 1.46. The molecule has 0 saturated carbocycles. The van der Waals surface area contributed by atoms with Gasteiger partial charge in [-0.25, -0.2) is 0 Å². The van der Waals surface area contributed by atoms with E-state index in [0.717, 1.165) is 0 Å². The van der Waals surface area contributed by atoms with Crippen LogP contribution < -0.4 is 5.32 Å². The first-order chi connectivity index (χ1) is 7.91. The van der Waals surface area contributed by atoms with Crippen molar-refractivity contribution in [3.05, 3.63) is 23.2 Å². The molecular weight excluding hydrogens is 222 g/mol. The molecule has 0 aliphatic heterocycles. The van der Waals surface area contributed by atoms with Crippen LogP contribution in [0.25, 0.3) is 0 Å². The highest BCUT2D eigenvalue weighted by molar-refractivity contribution is 5.97. The zero-order chi connectivity index (χ0) is 13.0. The van der Waals surface area contributed by atoms with Gasteiger partial charge in [-0.2, -0.15) is 0 Å². The third kappa shape index (κ3) is 3.62. The van der Waals surface area contributed by atoms with Gasteiger partial charge < -0.3 is 14.8 Å². The lowest BCUT2D eigenvalue weighted by molar-refractivity contribution is -0.136. The Kier molecular flexibility index (Phi) is 4.31. The molecule has 17 heavy (non-hydrogen) atoms. The molecule has 0 radical (unpaired) electrons. The SMILES string of the molecule is Cc1coc(CC(=O)O)c1C(=O)NCC(C)C. The van der Waals surface area contributed by atoms with Gasteiger partial charge in [0.2, 0.25) is 0 Å². The molecule has 0 bridgehead atoms. The molecule has 0 atom stereocenters. The third-order valence-corrected chi connectivity index (χ3v) is 2.26. The second-order valence-corrected chi connectivity index (χ2v) is 4.39. The van der Waals surface area contributed by atoms with E-state index in [-0.39, 0.29) is 18.1 Å². The van der Waals surface area contributed by atoms with Crippen LogP contribution in [0.5, 0.6) is 0 Å². The van der Waals surface area contributed by atoms with Gasteiger partial charge in [0.05, 0.1) is 11.8 Å². The molecule has 1 aromatic heterocycles. The second-order valence-electron chi connectivity index (χ2n) is 4.39. The predicted molar refractivity (Wildman–Crippen MR) is 62.0 cm³/mol. The lowest BCUT2D eigenvalue weighted by Crippen LogP contribution is -2.28. The van der Waals surface area contributed by atoms with Gasteiger partial charge in [0.1, 0.15) is 12.2 Å². The second kappa shape index (κ2) is 5.52. The summed E-state index contributed by atoms with van der Waals surface area (Å²) in [7, 11) is 0. The van der Waals surface area contributed by atoms with Crippen LogP contribution in [-0.4, -0.2) is 23.5 Å². The molecule has 1 aromatic rings. The molecule has 5 heteroatoms. The number of rotatable bonds is 5. The summed E-state index contributed by atoms with van der Waals surface area (Å²) in [6, 6.07) is 0. The Hall–Kier alpha value is -1.78. The maximum absolute atomic E-state index is 11.9. The molecule has 2 N–H and O–H groups in total. The van der Waals surface area contributed by atoms with Gasteiger partial charge in [-0.1, -0.05) is 13.8 Å². The van der Waals surface area contributed by atoms with Gasteiger partial charge >= 0.3 is 5.97 Å². The Morgan fingerprint density at radius 2 is 2.12 bits per heavy atom. The molecule has 0 aliphatic carbocycles. The fourth-order valence-corrected chi connectivity index (χ4v) is 1.46. The van der Waals surface area contributed by atoms with Crippen LogP contribution in [0.4, 0.5) is 0 Å². The van der Waals surface area contributed by atoms with E-state index in [1.165, 1.54) is 6.26 Å². The smallest absolute Gasteiger partial charge is 0.311 e. The molecule has 0 aliphatic rings. The average Bonchev–Trinajstić information content (AvgIpc) is 2.55. The summed E-state index contributed by atoms with van der Waals surface area (Å²) in [4.78, 5) is 22.5. The molecule has 0 aromatic carbocycles. The first kappa shape index (κ1) is 13.3. The number of hydrogen-bond donors (Lipinski definition) is 2. The number of carboxylic acids is 1. The molecule has 94 valence electrons. The van der Waals surface area contributed by atoms with Crippen molar-refractivity contribution in [1.82, 2.24) is 5.32 Å². The lowest BCUT2D eigenvalue weighted by atomic mass is 10.1. The van der Waals surface area contributed by atoms with Crippen molar-refractivity contribution >= 4 is 11.9 Å². The minimum atomic E-state index is -1.02. The van der Waals surface area contributed by atoms with Crippen molar-refractivity contribution in [1.29, 1.82) is 0 Å². The summed E-state index contributed by atoms with van der Waals surface area (Å²) in [5, 5.41) is 11.5. The number of hydrogen-bond acceptors (Lipinski definition) is 3. The fraction of sp³-hybridized carbons (Fsp3) is 0.500. The minimum Gasteiger partial charge on any atom is -0.481 e. The van der Waals surface area contributed by atoms with E-state index in [4.69, 9.17) is 9.52 Å². The first-order valence-corrected chi connectivity index (χ1v) is 5.48. The van der Waals surface area contributed by atoms with Gasteiger partial charge in [0, 0.05) is 12.1 Å². The van der Waals surface area contributed by atoms with E-state index < -0.39 is 5.97 Å². The van der Waals surface area contributed by atoms with E-state index in [2.05, 4.69) is 5.32 Å². The van der Waals surface area contributed by atoms with Crippen molar-refractivity contribution in [2.75, 3.05) is 6.54 Å². The number of carbonyl (C=O) groups is 2. The number of carbonyl (C=O) groups excluding carboxylic acids is 1. The van der Waals surface area contributed by atoms with Gasteiger partial charge in [0.15, 0.2) is 0 Å². The first-order valence-electron chi connectivity index (χ1n) is 5.48. The van der Waals surface area contributed by atoms with Crippen LogP contribution in [-0.2, 0) is 11.2 Å². The minimum absolute atomic E-state index is 0.205. The zero-order valence-corrected chi connectivity index (χ0v) is 10.2. The standard InChI is InChI=1S/C12H17NO4/c1-7(2)5-13-12(16)11-8(3)6-17-9(11)4-10(14)15/h6-7H,4-5H2,1-3H3,(H,13,16)(H,14,15). The van der Waals surface area contributed by atoms with E-state index in [9.17, 15) is 9.59 Å². The maximum Gasteiger partial charge on any atom is 0.311 e. The van der Waals surface area contributed by atoms with Crippen LogP contribution in [0, 0.1) is 12.8 Å². The number of nitrogens with one attached hydrogen (secondary N) is 1. The summed E-state index contributed by atoms with van der Waals surface area (Å²) in [5.74, 6) is -0.746. The zero-order valence-electron chi connectivity index (χ0n) is 10.2. The van der Waals surface area contributed by atoms with E-state index >= 15 is 0 Å². The number of aliphatic carboxylic acids is 1. The molecular formula is C12H17NO4. The molecule has 1 heterocycles. The van der Waals surface area contributed by atoms with Crippen LogP contribution in [0.3, 0.4) is 0 Å².